The molecule has 4 nitrogen and oxygen atoms in total. The molecule has 1 aliphatic heterocycles. The third kappa shape index (κ3) is 3.10. The molecule has 0 saturated carbocycles. The van der Waals surface area contributed by atoms with Crippen molar-refractivity contribution in [3.8, 4) is 5.75 Å². The van der Waals surface area contributed by atoms with Gasteiger partial charge >= 0.3 is 0 Å². The molecule has 1 heterocycles. The van der Waals surface area contributed by atoms with Gasteiger partial charge in [-0.3, -0.25) is 9.72 Å². The van der Waals surface area contributed by atoms with E-state index in [1.165, 1.54) is 5.56 Å². The molecule has 2 atom stereocenters. The molecule has 1 aliphatic rings. The molecule has 76 valence electrons. The van der Waals surface area contributed by atoms with Crippen molar-refractivity contribution < 1.29 is 4.84 Å². The Morgan fingerprint density at radius 2 is 1.79 bits per heavy atom. The zero-order valence-electron chi connectivity index (χ0n) is 7.66. The fourth-order valence-electron chi connectivity index (χ4n) is 0.967. The normalized spacial score (nSPS) is 23.2. The first kappa shape index (κ1) is 10.7. The van der Waals surface area contributed by atoms with Crippen molar-refractivity contribution >= 4 is 26.6 Å². The van der Waals surface area contributed by atoms with Gasteiger partial charge < -0.3 is 4.84 Å². The second-order valence-electron chi connectivity index (χ2n) is 2.80. The minimum atomic E-state index is 0.539. The lowest BCUT2D eigenvalue weighted by atomic mass is 10.2. The molecule has 7 heteroatoms. The van der Waals surface area contributed by atoms with Gasteiger partial charge in [-0.1, -0.05) is 22.3 Å². The van der Waals surface area contributed by atoms with E-state index in [1.54, 1.807) is 0 Å². The molecule has 0 bridgehead atoms. The summed E-state index contributed by atoms with van der Waals surface area (Å²) in [6.07, 6.45) is 0. The lowest BCUT2D eigenvalue weighted by Crippen LogP contribution is -2.19. The minimum absolute atomic E-state index is 0.539. The summed E-state index contributed by atoms with van der Waals surface area (Å²) in [4.78, 5) is 12.1. The maximum Gasteiger partial charge on any atom is 0.148 e. The monoisotopic (exact) mass is 247 g/mol. The molecular formula is C7H12N3OP3. The SMILES string of the molecule is Cc1ccc(ON2PNPNP2)cc1. The Morgan fingerprint density at radius 1 is 1.14 bits per heavy atom. The summed E-state index contributed by atoms with van der Waals surface area (Å²) in [5.74, 6) is 0.893. The Bertz CT molecular complexity index is 289. The maximum atomic E-state index is 5.65. The van der Waals surface area contributed by atoms with Crippen LogP contribution < -0.4 is 14.6 Å². The molecule has 0 amide bonds. The summed E-state index contributed by atoms with van der Waals surface area (Å²) in [6.45, 7) is 2.07. The quantitative estimate of drug-likeness (QED) is 0.786. The number of hydrogen-bond acceptors (Lipinski definition) is 4. The van der Waals surface area contributed by atoms with Crippen molar-refractivity contribution in [1.29, 1.82) is 0 Å². The first-order valence-electron chi connectivity index (χ1n) is 4.16. The third-order valence-corrected chi connectivity index (χ3v) is 4.81. The Labute approximate surface area is 88.8 Å². The molecular weight excluding hydrogens is 235 g/mol. The molecule has 1 fully saturated rings. The van der Waals surface area contributed by atoms with Gasteiger partial charge in [-0.25, -0.2) is 0 Å². The fourth-order valence-corrected chi connectivity index (χ4v) is 4.57. The van der Waals surface area contributed by atoms with Crippen LogP contribution in [-0.4, -0.2) is 4.60 Å². The molecule has 0 aliphatic carbocycles. The van der Waals surface area contributed by atoms with Crippen LogP contribution in [-0.2, 0) is 0 Å². The average molecular weight is 247 g/mol. The summed E-state index contributed by atoms with van der Waals surface area (Å²) < 4.78 is 1.90. The van der Waals surface area contributed by atoms with Gasteiger partial charge in [-0.15, -0.1) is 0 Å². The number of nitrogens with one attached hydrogen (secondary N) is 2. The van der Waals surface area contributed by atoms with Gasteiger partial charge in [0.15, 0.2) is 0 Å². The Hall–Kier alpha value is 0.190. The minimum Gasteiger partial charge on any atom is -0.397 e. The molecule has 1 saturated heterocycles. The van der Waals surface area contributed by atoms with E-state index < -0.39 is 0 Å². The van der Waals surface area contributed by atoms with Crippen LogP contribution in [0.5, 0.6) is 5.75 Å². The predicted molar refractivity (Wildman–Crippen MR) is 64.9 cm³/mol. The zero-order chi connectivity index (χ0) is 9.80. The van der Waals surface area contributed by atoms with Crippen LogP contribution in [0.4, 0.5) is 0 Å². The van der Waals surface area contributed by atoms with E-state index in [1.807, 2.05) is 28.9 Å². The van der Waals surface area contributed by atoms with Crippen LogP contribution in [0.1, 0.15) is 5.56 Å². The highest BCUT2D eigenvalue weighted by molar-refractivity contribution is 7.65. The van der Waals surface area contributed by atoms with Gasteiger partial charge in [0.2, 0.25) is 0 Å². The molecule has 0 radical (unpaired) electrons. The largest absolute Gasteiger partial charge is 0.397 e. The van der Waals surface area contributed by atoms with E-state index in [0.29, 0.717) is 26.6 Å². The van der Waals surface area contributed by atoms with E-state index >= 15 is 0 Å². The van der Waals surface area contributed by atoms with Gasteiger partial charge in [-0.05, 0) is 19.1 Å². The second kappa shape index (κ2) is 5.32. The van der Waals surface area contributed by atoms with Crippen molar-refractivity contribution in [2.45, 2.75) is 6.92 Å². The van der Waals surface area contributed by atoms with Crippen molar-refractivity contribution in [2.75, 3.05) is 0 Å². The first-order chi connectivity index (χ1) is 6.84. The van der Waals surface area contributed by atoms with Gasteiger partial charge in [0.05, 0.1) is 17.8 Å². The highest BCUT2D eigenvalue weighted by Crippen LogP contribution is 2.37. The lowest BCUT2D eigenvalue weighted by Gasteiger charge is -2.26. The van der Waals surface area contributed by atoms with E-state index in [-0.39, 0.29) is 0 Å². The van der Waals surface area contributed by atoms with Gasteiger partial charge in [0, 0.05) is 8.88 Å². The van der Waals surface area contributed by atoms with Crippen LogP contribution in [0.2, 0.25) is 0 Å². The fraction of sp³-hybridized carbons (Fsp3) is 0.143. The van der Waals surface area contributed by atoms with Crippen LogP contribution in [0.3, 0.4) is 0 Å². The highest BCUT2D eigenvalue weighted by atomic mass is 31.2. The van der Waals surface area contributed by atoms with Crippen LogP contribution in [0.15, 0.2) is 24.3 Å². The summed E-state index contributed by atoms with van der Waals surface area (Å²) in [5, 5.41) is 0. The Morgan fingerprint density at radius 3 is 2.43 bits per heavy atom. The van der Waals surface area contributed by atoms with Crippen molar-refractivity contribution in [3.05, 3.63) is 29.8 Å². The van der Waals surface area contributed by atoms with Crippen molar-refractivity contribution in [1.82, 2.24) is 14.3 Å². The standard InChI is InChI=1S/C7H12N3OP3/c1-6-2-4-7(5-3-6)11-10-13-8-12-9-14-10/h2-5,8-9,12-14H,1H3. The molecule has 2 N–H and O–H groups in total. The smallest absolute Gasteiger partial charge is 0.148 e. The zero-order valence-corrected chi connectivity index (χ0v) is 10.7. The average Bonchev–Trinajstić information content (AvgIpc) is 2.23. The summed E-state index contributed by atoms with van der Waals surface area (Å²) in [7, 11) is 1.73. The van der Waals surface area contributed by atoms with E-state index in [2.05, 4.69) is 16.6 Å². The predicted octanol–water partition coefficient (Wildman–Crippen LogP) is 2.31. The van der Waals surface area contributed by atoms with Crippen LogP contribution >= 0.6 is 26.6 Å². The number of benzene rings is 1. The summed E-state index contributed by atoms with van der Waals surface area (Å²) in [5.41, 5.74) is 1.25. The van der Waals surface area contributed by atoms with Crippen LogP contribution in [0.25, 0.3) is 0 Å². The van der Waals surface area contributed by atoms with E-state index in [9.17, 15) is 0 Å². The molecule has 1 aromatic carbocycles. The molecule has 2 rings (SSSR count). The van der Waals surface area contributed by atoms with Gasteiger partial charge in [-0.2, -0.15) is 0 Å². The van der Waals surface area contributed by atoms with E-state index in [4.69, 9.17) is 4.84 Å². The second-order valence-corrected chi connectivity index (χ2v) is 6.75. The molecule has 0 spiro atoms. The molecule has 14 heavy (non-hydrogen) atoms. The van der Waals surface area contributed by atoms with Gasteiger partial charge in [0.1, 0.15) is 5.75 Å². The van der Waals surface area contributed by atoms with Crippen molar-refractivity contribution in [3.63, 3.8) is 0 Å². The van der Waals surface area contributed by atoms with Crippen LogP contribution in [0, 0.1) is 6.92 Å². The van der Waals surface area contributed by atoms with Crippen molar-refractivity contribution in [2.24, 2.45) is 0 Å². The molecule has 1 aromatic rings. The number of nitrogens with zero attached hydrogens (tertiary/aromatic N) is 1. The van der Waals surface area contributed by atoms with E-state index in [0.717, 1.165) is 5.75 Å². The highest BCUT2D eigenvalue weighted by Gasteiger charge is 2.10. The first-order valence-corrected chi connectivity index (χ1v) is 7.05. The maximum absolute atomic E-state index is 5.65. The molecule has 0 aromatic heterocycles. The lowest BCUT2D eigenvalue weighted by molar-refractivity contribution is 0.146. The topological polar surface area (TPSA) is 36.5 Å². The summed E-state index contributed by atoms with van der Waals surface area (Å²) in [6, 6.07) is 8.07. The number of hydrogen-bond donors (Lipinski definition) is 2. The van der Waals surface area contributed by atoms with Gasteiger partial charge in [0.25, 0.3) is 0 Å². The Balaban J connectivity index is 1.92. The number of aryl methyl sites for hydroxylation is 1. The molecule has 2 unspecified atom stereocenters. The third-order valence-electron chi connectivity index (χ3n) is 1.66. The summed E-state index contributed by atoms with van der Waals surface area (Å²) >= 11 is 0. The number of rotatable bonds is 2. The Kier molecular flexibility index (Phi) is 4.07.